The molecule has 0 amide bonds. The van der Waals surface area contributed by atoms with E-state index in [4.69, 9.17) is 5.73 Å². The molecule has 1 atom stereocenters. The predicted molar refractivity (Wildman–Crippen MR) is 40.2 cm³/mol. The van der Waals surface area contributed by atoms with Gasteiger partial charge in [0.15, 0.2) is 0 Å². The van der Waals surface area contributed by atoms with Crippen molar-refractivity contribution >= 4 is 5.69 Å². The van der Waals surface area contributed by atoms with E-state index < -0.39 is 12.8 Å². The quantitative estimate of drug-likeness (QED) is 0.791. The number of hydrogen-bond donors (Lipinski definition) is 1. The van der Waals surface area contributed by atoms with Crippen LogP contribution < -0.4 is 10.5 Å². The highest BCUT2D eigenvalue weighted by Crippen LogP contribution is 2.14. The Bertz CT molecular complexity index is 265. The van der Waals surface area contributed by atoms with E-state index in [1.54, 1.807) is 0 Å². The van der Waals surface area contributed by atoms with Crippen molar-refractivity contribution in [2.24, 2.45) is 0 Å². The van der Waals surface area contributed by atoms with Crippen LogP contribution in [0.2, 0.25) is 0 Å². The van der Waals surface area contributed by atoms with Crippen molar-refractivity contribution in [3.8, 4) is 5.88 Å². The average Bonchev–Trinajstić information content (AvgIpc) is 2.08. The van der Waals surface area contributed by atoms with Crippen molar-refractivity contribution in [3.63, 3.8) is 0 Å². The molecule has 0 aliphatic heterocycles. The number of rotatable bonds is 3. The van der Waals surface area contributed by atoms with Crippen LogP contribution >= 0.6 is 0 Å². The minimum Gasteiger partial charge on any atom is -0.437 e. The smallest absolute Gasteiger partial charge is 0.304 e. The number of nitrogens with two attached hydrogens (primary N) is 1. The number of nitrogens with zero attached hydrogens (tertiary/aromatic N) is 1. The molecule has 0 spiro atoms. The molecule has 1 aromatic rings. The molecule has 72 valence electrons. The van der Waals surface area contributed by atoms with Crippen LogP contribution in [0.1, 0.15) is 0 Å². The minimum absolute atomic E-state index is 0.220. The fourth-order valence-electron chi connectivity index (χ4n) is 0.628. The molecule has 0 aliphatic rings. The maximum Gasteiger partial charge on any atom is 0.304 e. The Morgan fingerprint density at radius 2 is 2.00 bits per heavy atom. The van der Waals surface area contributed by atoms with Crippen molar-refractivity contribution in [2.75, 3.05) is 5.73 Å². The summed E-state index contributed by atoms with van der Waals surface area (Å²) in [6.07, 6.45) is -4.65. The van der Waals surface area contributed by atoms with Crippen LogP contribution in [0.15, 0.2) is 18.3 Å². The first kappa shape index (κ1) is 9.63. The number of hydrogen-bond acceptors (Lipinski definition) is 3. The first-order chi connectivity index (χ1) is 6.09. The van der Waals surface area contributed by atoms with E-state index in [9.17, 15) is 13.2 Å². The first-order valence-corrected chi connectivity index (χ1v) is 3.40. The molecule has 2 N–H and O–H groups in total. The Morgan fingerprint density at radius 1 is 1.31 bits per heavy atom. The number of pyridine rings is 1. The third kappa shape index (κ3) is 2.81. The summed E-state index contributed by atoms with van der Waals surface area (Å²) < 4.78 is 39.7. The number of ether oxygens (including phenoxy) is 1. The van der Waals surface area contributed by atoms with Gasteiger partial charge >= 0.3 is 6.43 Å². The lowest BCUT2D eigenvalue weighted by molar-refractivity contribution is -0.0690. The van der Waals surface area contributed by atoms with Crippen molar-refractivity contribution < 1.29 is 17.9 Å². The van der Waals surface area contributed by atoms with Crippen molar-refractivity contribution in [3.05, 3.63) is 18.3 Å². The average molecular weight is 192 g/mol. The number of aromatic nitrogens is 1. The Labute approximate surface area is 72.3 Å². The maximum atomic E-state index is 12.3. The molecule has 1 rings (SSSR count). The summed E-state index contributed by atoms with van der Waals surface area (Å²) in [6, 6.07) is 2.59. The van der Waals surface area contributed by atoms with Gasteiger partial charge in [0.05, 0.1) is 11.9 Å². The van der Waals surface area contributed by atoms with Crippen molar-refractivity contribution in [1.82, 2.24) is 4.98 Å². The summed E-state index contributed by atoms with van der Waals surface area (Å²) >= 11 is 0. The molecule has 3 nitrogen and oxygen atoms in total. The minimum atomic E-state index is -3.18. The molecule has 0 saturated carbocycles. The molecule has 1 aromatic heterocycles. The van der Waals surface area contributed by atoms with E-state index in [0.29, 0.717) is 5.69 Å². The van der Waals surface area contributed by atoms with Crippen molar-refractivity contribution in [2.45, 2.75) is 12.8 Å². The van der Waals surface area contributed by atoms with E-state index in [2.05, 4.69) is 9.72 Å². The third-order valence-electron chi connectivity index (χ3n) is 1.19. The Morgan fingerprint density at radius 3 is 2.46 bits per heavy atom. The SMILES string of the molecule is Nc1ccc(OC(F)C(F)F)nc1. The molecule has 0 bridgehead atoms. The van der Waals surface area contributed by atoms with Gasteiger partial charge in [0.2, 0.25) is 5.88 Å². The molecule has 0 aliphatic carbocycles. The molecule has 6 heteroatoms. The Hall–Kier alpha value is -1.46. The zero-order valence-corrected chi connectivity index (χ0v) is 6.45. The predicted octanol–water partition coefficient (Wildman–Crippen LogP) is 1.60. The molecular formula is C7H7F3N2O. The topological polar surface area (TPSA) is 48.1 Å². The lowest BCUT2D eigenvalue weighted by atomic mass is 10.4. The standard InChI is InChI=1S/C7H7F3N2O/c8-6(9)7(10)13-5-2-1-4(11)3-12-5/h1-3,6-7H,11H2. The molecule has 0 aromatic carbocycles. The van der Waals surface area contributed by atoms with E-state index in [0.717, 1.165) is 0 Å². The van der Waals surface area contributed by atoms with Gasteiger partial charge in [-0.05, 0) is 6.07 Å². The number of alkyl halides is 3. The third-order valence-corrected chi connectivity index (χ3v) is 1.19. The van der Waals surface area contributed by atoms with Gasteiger partial charge in [-0.15, -0.1) is 0 Å². The second kappa shape index (κ2) is 3.97. The molecule has 1 heterocycles. The molecule has 0 saturated heterocycles. The largest absolute Gasteiger partial charge is 0.437 e. The highest BCUT2D eigenvalue weighted by Gasteiger charge is 2.20. The van der Waals surface area contributed by atoms with Crippen LogP contribution in [0.3, 0.4) is 0 Å². The summed E-state index contributed by atoms with van der Waals surface area (Å²) in [5.74, 6) is -0.220. The number of halogens is 3. The van der Waals surface area contributed by atoms with E-state index in [-0.39, 0.29) is 5.88 Å². The van der Waals surface area contributed by atoms with Gasteiger partial charge in [0.25, 0.3) is 6.36 Å². The van der Waals surface area contributed by atoms with Gasteiger partial charge < -0.3 is 10.5 Å². The van der Waals surface area contributed by atoms with Gasteiger partial charge in [0.1, 0.15) is 0 Å². The van der Waals surface area contributed by atoms with E-state index >= 15 is 0 Å². The second-order valence-corrected chi connectivity index (χ2v) is 2.23. The molecule has 0 fully saturated rings. The molecule has 0 radical (unpaired) electrons. The molecule has 1 unspecified atom stereocenters. The van der Waals surface area contributed by atoms with Gasteiger partial charge in [-0.1, -0.05) is 0 Å². The van der Waals surface area contributed by atoms with Crippen molar-refractivity contribution in [1.29, 1.82) is 0 Å². The Balaban J connectivity index is 2.59. The van der Waals surface area contributed by atoms with Crippen LogP contribution in [0.4, 0.5) is 18.9 Å². The van der Waals surface area contributed by atoms with Gasteiger partial charge in [0, 0.05) is 6.07 Å². The van der Waals surface area contributed by atoms with Crippen LogP contribution in [-0.2, 0) is 0 Å². The van der Waals surface area contributed by atoms with Crippen LogP contribution in [-0.4, -0.2) is 17.8 Å². The highest BCUT2D eigenvalue weighted by atomic mass is 19.3. The first-order valence-electron chi connectivity index (χ1n) is 3.40. The number of anilines is 1. The van der Waals surface area contributed by atoms with Gasteiger partial charge in [-0.3, -0.25) is 0 Å². The van der Waals surface area contributed by atoms with E-state index in [1.807, 2.05) is 0 Å². The van der Waals surface area contributed by atoms with Crippen LogP contribution in [0.25, 0.3) is 0 Å². The summed E-state index contributed by atoms with van der Waals surface area (Å²) in [5, 5.41) is 0. The summed E-state index contributed by atoms with van der Waals surface area (Å²) in [6.45, 7) is 0. The van der Waals surface area contributed by atoms with Gasteiger partial charge in [-0.25, -0.2) is 13.8 Å². The lowest BCUT2D eigenvalue weighted by Gasteiger charge is -2.08. The summed E-state index contributed by atoms with van der Waals surface area (Å²) in [7, 11) is 0. The monoisotopic (exact) mass is 192 g/mol. The second-order valence-electron chi connectivity index (χ2n) is 2.23. The Kier molecular flexibility index (Phi) is 2.94. The fraction of sp³-hybridized carbons (Fsp3) is 0.286. The maximum absolute atomic E-state index is 12.3. The molecular weight excluding hydrogens is 185 g/mol. The fourth-order valence-corrected chi connectivity index (χ4v) is 0.628. The number of nitrogen functional groups attached to an aromatic ring is 1. The summed E-state index contributed by atoms with van der Waals surface area (Å²) in [4.78, 5) is 3.48. The van der Waals surface area contributed by atoms with Crippen LogP contribution in [0.5, 0.6) is 5.88 Å². The lowest BCUT2D eigenvalue weighted by Crippen LogP contribution is -2.19. The van der Waals surface area contributed by atoms with Gasteiger partial charge in [-0.2, -0.15) is 4.39 Å². The zero-order valence-electron chi connectivity index (χ0n) is 6.45. The summed E-state index contributed by atoms with van der Waals surface area (Å²) in [5.41, 5.74) is 5.60. The highest BCUT2D eigenvalue weighted by molar-refractivity contribution is 5.35. The zero-order chi connectivity index (χ0) is 9.84. The molecule has 13 heavy (non-hydrogen) atoms. The normalized spacial score (nSPS) is 12.9. The van der Waals surface area contributed by atoms with E-state index in [1.165, 1.54) is 18.3 Å². The van der Waals surface area contributed by atoms with Crippen LogP contribution in [0, 0.1) is 0 Å².